The Morgan fingerprint density at radius 2 is 1.76 bits per heavy atom. The van der Waals surface area contributed by atoms with Crippen LogP contribution in [0.15, 0.2) is 0 Å². The van der Waals surface area contributed by atoms with Crippen molar-refractivity contribution in [3.63, 3.8) is 0 Å². The number of hydrogen-bond donors (Lipinski definition) is 1. The number of likely N-dealkylation sites (tertiary alicyclic amines) is 1. The molecular formula is C14H28N2O. The van der Waals surface area contributed by atoms with Gasteiger partial charge in [0.05, 0.1) is 12.2 Å². The highest BCUT2D eigenvalue weighted by molar-refractivity contribution is 4.81. The largest absolute Gasteiger partial charge is 0.375 e. The third-order valence-electron chi connectivity index (χ3n) is 4.16. The lowest BCUT2D eigenvalue weighted by Gasteiger charge is -2.34. The van der Waals surface area contributed by atoms with E-state index < -0.39 is 0 Å². The fourth-order valence-electron chi connectivity index (χ4n) is 3.22. The summed E-state index contributed by atoms with van der Waals surface area (Å²) >= 11 is 0. The fourth-order valence-corrected chi connectivity index (χ4v) is 3.22. The summed E-state index contributed by atoms with van der Waals surface area (Å²) < 4.78 is 5.77. The molecule has 0 aromatic carbocycles. The van der Waals surface area contributed by atoms with Crippen LogP contribution in [0.4, 0.5) is 0 Å². The molecule has 2 aliphatic rings. The monoisotopic (exact) mass is 240 g/mol. The van der Waals surface area contributed by atoms with Gasteiger partial charge in [-0.25, -0.2) is 0 Å². The lowest BCUT2D eigenvalue weighted by molar-refractivity contribution is -0.0426. The van der Waals surface area contributed by atoms with Crippen molar-refractivity contribution in [2.24, 2.45) is 0 Å². The molecule has 2 rings (SSSR count). The molecule has 0 aromatic rings. The van der Waals surface area contributed by atoms with Gasteiger partial charge in [0.25, 0.3) is 0 Å². The standard InChI is InChI=1S/C14H28N2O/c1-11(16-6-4-5-7-16)10-15-14-8-12(2)17-13(3)9-14/h11-15H,4-10H2,1-3H3. The van der Waals surface area contributed by atoms with Crippen LogP contribution in [0.5, 0.6) is 0 Å². The maximum Gasteiger partial charge on any atom is 0.0565 e. The molecule has 0 aromatic heterocycles. The van der Waals surface area contributed by atoms with Crippen LogP contribution < -0.4 is 5.32 Å². The Balaban J connectivity index is 1.69. The van der Waals surface area contributed by atoms with Gasteiger partial charge in [-0.15, -0.1) is 0 Å². The van der Waals surface area contributed by atoms with Crippen LogP contribution in [0.1, 0.15) is 46.5 Å². The summed E-state index contributed by atoms with van der Waals surface area (Å²) in [6.45, 7) is 10.4. The second kappa shape index (κ2) is 6.17. The van der Waals surface area contributed by atoms with Gasteiger partial charge in [-0.05, 0) is 59.5 Å². The highest BCUT2D eigenvalue weighted by Gasteiger charge is 2.25. The fraction of sp³-hybridized carbons (Fsp3) is 1.00. The van der Waals surface area contributed by atoms with Crippen LogP contribution in [0, 0.1) is 0 Å². The van der Waals surface area contributed by atoms with Crippen molar-refractivity contribution >= 4 is 0 Å². The Labute approximate surface area is 106 Å². The van der Waals surface area contributed by atoms with Crippen LogP contribution in [0.25, 0.3) is 0 Å². The second-order valence-corrected chi connectivity index (χ2v) is 5.93. The van der Waals surface area contributed by atoms with Gasteiger partial charge in [-0.2, -0.15) is 0 Å². The predicted octanol–water partition coefficient (Wildman–Crippen LogP) is 2.02. The summed E-state index contributed by atoms with van der Waals surface area (Å²) in [5.74, 6) is 0. The average molecular weight is 240 g/mol. The number of nitrogens with one attached hydrogen (secondary N) is 1. The summed E-state index contributed by atoms with van der Waals surface area (Å²) in [7, 11) is 0. The molecule has 0 aliphatic carbocycles. The number of ether oxygens (including phenoxy) is 1. The van der Waals surface area contributed by atoms with E-state index in [0.29, 0.717) is 24.3 Å². The molecule has 17 heavy (non-hydrogen) atoms. The molecule has 2 aliphatic heterocycles. The van der Waals surface area contributed by atoms with Crippen molar-refractivity contribution < 1.29 is 4.74 Å². The lowest BCUT2D eigenvalue weighted by Crippen LogP contribution is -2.46. The maximum atomic E-state index is 5.77. The first-order chi connectivity index (χ1) is 8.15. The van der Waals surface area contributed by atoms with E-state index in [2.05, 4.69) is 31.0 Å². The Kier molecular flexibility index (Phi) is 4.83. The zero-order valence-electron chi connectivity index (χ0n) is 11.6. The molecule has 0 bridgehead atoms. The highest BCUT2D eigenvalue weighted by atomic mass is 16.5. The van der Waals surface area contributed by atoms with E-state index in [-0.39, 0.29) is 0 Å². The minimum Gasteiger partial charge on any atom is -0.375 e. The summed E-state index contributed by atoms with van der Waals surface area (Å²) in [6.07, 6.45) is 5.93. The molecule has 0 saturated carbocycles. The molecule has 3 heteroatoms. The molecule has 2 heterocycles. The normalized spacial score (nSPS) is 37.2. The smallest absolute Gasteiger partial charge is 0.0565 e. The molecule has 3 atom stereocenters. The van der Waals surface area contributed by atoms with Crippen molar-refractivity contribution in [1.29, 1.82) is 0 Å². The summed E-state index contributed by atoms with van der Waals surface area (Å²) in [5, 5.41) is 3.74. The summed E-state index contributed by atoms with van der Waals surface area (Å²) in [6, 6.07) is 1.34. The Hall–Kier alpha value is -0.120. The van der Waals surface area contributed by atoms with Crippen LogP contribution >= 0.6 is 0 Å². The zero-order valence-corrected chi connectivity index (χ0v) is 11.6. The van der Waals surface area contributed by atoms with E-state index in [1.54, 1.807) is 0 Å². The van der Waals surface area contributed by atoms with Gasteiger partial charge >= 0.3 is 0 Å². The predicted molar refractivity (Wildman–Crippen MR) is 71.3 cm³/mol. The first-order valence-electron chi connectivity index (χ1n) is 7.28. The van der Waals surface area contributed by atoms with E-state index >= 15 is 0 Å². The molecule has 3 nitrogen and oxygen atoms in total. The SMILES string of the molecule is CC1CC(NCC(C)N2CCCC2)CC(C)O1. The van der Waals surface area contributed by atoms with Crippen molar-refractivity contribution in [1.82, 2.24) is 10.2 Å². The molecule has 1 N–H and O–H groups in total. The van der Waals surface area contributed by atoms with Gasteiger partial charge in [-0.1, -0.05) is 0 Å². The molecule has 3 unspecified atom stereocenters. The topological polar surface area (TPSA) is 24.5 Å². The van der Waals surface area contributed by atoms with E-state index in [1.807, 2.05) is 0 Å². The number of nitrogens with zero attached hydrogens (tertiary/aromatic N) is 1. The van der Waals surface area contributed by atoms with Crippen molar-refractivity contribution in [2.45, 2.75) is 70.7 Å². The van der Waals surface area contributed by atoms with Crippen LogP contribution in [0.2, 0.25) is 0 Å². The molecule has 2 fully saturated rings. The van der Waals surface area contributed by atoms with Crippen LogP contribution in [-0.2, 0) is 4.74 Å². The number of hydrogen-bond acceptors (Lipinski definition) is 3. The Morgan fingerprint density at radius 1 is 1.18 bits per heavy atom. The minimum absolute atomic E-state index is 0.415. The van der Waals surface area contributed by atoms with E-state index in [0.717, 1.165) is 19.4 Å². The summed E-state index contributed by atoms with van der Waals surface area (Å²) in [4.78, 5) is 2.61. The summed E-state index contributed by atoms with van der Waals surface area (Å²) in [5.41, 5.74) is 0. The average Bonchev–Trinajstić information content (AvgIpc) is 2.78. The lowest BCUT2D eigenvalue weighted by atomic mass is 9.99. The first kappa shape index (κ1) is 13.3. The first-order valence-corrected chi connectivity index (χ1v) is 7.28. The van der Waals surface area contributed by atoms with Crippen LogP contribution in [-0.4, -0.2) is 48.8 Å². The van der Waals surface area contributed by atoms with Crippen molar-refractivity contribution in [2.75, 3.05) is 19.6 Å². The van der Waals surface area contributed by atoms with E-state index in [1.165, 1.54) is 25.9 Å². The van der Waals surface area contributed by atoms with Gasteiger partial charge in [0.2, 0.25) is 0 Å². The third kappa shape index (κ3) is 3.94. The quantitative estimate of drug-likeness (QED) is 0.813. The maximum absolute atomic E-state index is 5.77. The van der Waals surface area contributed by atoms with E-state index in [4.69, 9.17) is 4.74 Å². The molecule has 2 saturated heterocycles. The van der Waals surface area contributed by atoms with Crippen molar-refractivity contribution in [3.05, 3.63) is 0 Å². The number of rotatable bonds is 4. The minimum atomic E-state index is 0.415. The van der Waals surface area contributed by atoms with E-state index in [9.17, 15) is 0 Å². The van der Waals surface area contributed by atoms with Crippen molar-refractivity contribution in [3.8, 4) is 0 Å². The molecule has 0 spiro atoms. The van der Waals surface area contributed by atoms with Gasteiger partial charge in [0, 0.05) is 18.6 Å². The Bertz CT molecular complexity index is 218. The van der Waals surface area contributed by atoms with Gasteiger partial charge in [-0.3, -0.25) is 4.90 Å². The second-order valence-electron chi connectivity index (χ2n) is 5.93. The third-order valence-corrected chi connectivity index (χ3v) is 4.16. The zero-order chi connectivity index (χ0) is 12.3. The molecule has 0 radical (unpaired) electrons. The highest BCUT2D eigenvalue weighted by Crippen LogP contribution is 2.19. The molecular weight excluding hydrogens is 212 g/mol. The molecule has 0 amide bonds. The van der Waals surface area contributed by atoms with Gasteiger partial charge in [0.1, 0.15) is 0 Å². The molecule has 100 valence electrons. The van der Waals surface area contributed by atoms with Gasteiger partial charge in [0.15, 0.2) is 0 Å². The van der Waals surface area contributed by atoms with Gasteiger partial charge < -0.3 is 10.1 Å². The Morgan fingerprint density at radius 3 is 2.35 bits per heavy atom. The van der Waals surface area contributed by atoms with Crippen LogP contribution in [0.3, 0.4) is 0 Å².